The maximum atomic E-state index is 13.8. The highest BCUT2D eigenvalue weighted by atomic mass is 19.1. The van der Waals surface area contributed by atoms with Crippen LogP contribution in [0.25, 0.3) is 0 Å². The quantitative estimate of drug-likeness (QED) is 0.524. The second-order valence-corrected chi connectivity index (χ2v) is 5.04. The molecule has 1 aromatic rings. The first kappa shape index (κ1) is 17.4. The fourth-order valence-corrected chi connectivity index (χ4v) is 2.03. The van der Waals surface area contributed by atoms with Gasteiger partial charge in [-0.1, -0.05) is 26.2 Å². The van der Waals surface area contributed by atoms with Crippen LogP contribution in [0.5, 0.6) is 5.75 Å². The van der Waals surface area contributed by atoms with Crippen LogP contribution in [0.3, 0.4) is 0 Å². The third-order valence-corrected chi connectivity index (χ3v) is 3.20. The summed E-state index contributed by atoms with van der Waals surface area (Å²) in [6.45, 7) is 3.90. The second-order valence-electron chi connectivity index (χ2n) is 5.04. The molecule has 1 unspecified atom stereocenters. The maximum absolute atomic E-state index is 13.8. The lowest BCUT2D eigenvalue weighted by Gasteiger charge is -2.16. The summed E-state index contributed by atoms with van der Waals surface area (Å²) in [6, 6.07) is 1.85. The minimum atomic E-state index is -0.893. The third kappa shape index (κ3) is 5.33. The van der Waals surface area contributed by atoms with E-state index in [-0.39, 0.29) is 11.7 Å². The molecule has 118 valence electrons. The van der Waals surface area contributed by atoms with Gasteiger partial charge in [0.15, 0.2) is 17.4 Å². The van der Waals surface area contributed by atoms with E-state index in [1.165, 1.54) is 0 Å². The number of benzene rings is 1. The Morgan fingerprint density at radius 2 is 1.81 bits per heavy atom. The van der Waals surface area contributed by atoms with Gasteiger partial charge >= 0.3 is 5.97 Å². The lowest BCUT2D eigenvalue weighted by atomic mass is 10.1. The average molecular weight is 300 g/mol. The van der Waals surface area contributed by atoms with Crippen LogP contribution in [0.1, 0.15) is 56.3 Å². The Hall–Kier alpha value is -1.65. The standard InChI is InChI=1S/C16H22F2O3/c1-4-5-6-7-8-11(2)21-15-13(17)9-12(10-14(15)18)16(19)20-3/h9-11H,4-8H2,1-3H3. The molecule has 0 saturated heterocycles. The van der Waals surface area contributed by atoms with E-state index in [2.05, 4.69) is 11.7 Å². The van der Waals surface area contributed by atoms with Crippen LogP contribution in [0.4, 0.5) is 8.78 Å². The number of hydrogen-bond acceptors (Lipinski definition) is 3. The van der Waals surface area contributed by atoms with E-state index in [9.17, 15) is 13.6 Å². The smallest absolute Gasteiger partial charge is 0.338 e. The summed E-state index contributed by atoms with van der Waals surface area (Å²) in [5.74, 6) is -3.01. The van der Waals surface area contributed by atoms with Gasteiger partial charge in [0.2, 0.25) is 0 Å². The molecule has 0 spiro atoms. The van der Waals surface area contributed by atoms with Crippen molar-refractivity contribution in [2.75, 3.05) is 7.11 Å². The number of methoxy groups -OCH3 is 1. The van der Waals surface area contributed by atoms with Crippen molar-refractivity contribution in [3.05, 3.63) is 29.3 Å². The molecule has 1 atom stereocenters. The number of esters is 1. The summed E-state index contributed by atoms with van der Waals surface area (Å²) in [5, 5.41) is 0. The summed E-state index contributed by atoms with van der Waals surface area (Å²) in [6.07, 6.45) is 4.76. The number of unbranched alkanes of at least 4 members (excludes halogenated alkanes) is 3. The number of carbonyl (C=O) groups is 1. The lowest BCUT2D eigenvalue weighted by molar-refractivity contribution is 0.0599. The largest absolute Gasteiger partial charge is 0.485 e. The van der Waals surface area contributed by atoms with Gasteiger partial charge in [-0.15, -0.1) is 0 Å². The summed E-state index contributed by atoms with van der Waals surface area (Å²) in [5.41, 5.74) is -0.171. The van der Waals surface area contributed by atoms with Crippen molar-refractivity contribution < 1.29 is 23.0 Å². The van der Waals surface area contributed by atoms with Gasteiger partial charge in [0, 0.05) is 0 Å². The Bertz CT molecular complexity index is 452. The molecule has 21 heavy (non-hydrogen) atoms. The third-order valence-electron chi connectivity index (χ3n) is 3.20. The maximum Gasteiger partial charge on any atom is 0.338 e. The van der Waals surface area contributed by atoms with Crippen LogP contribution < -0.4 is 4.74 Å². The summed E-state index contributed by atoms with van der Waals surface area (Å²) in [4.78, 5) is 11.3. The van der Waals surface area contributed by atoms with Crippen LogP contribution in [-0.2, 0) is 4.74 Å². The van der Waals surface area contributed by atoms with Gasteiger partial charge < -0.3 is 9.47 Å². The first-order chi connectivity index (χ1) is 9.99. The second kappa shape index (κ2) is 8.60. The minimum Gasteiger partial charge on any atom is -0.485 e. The molecule has 0 N–H and O–H groups in total. The molecule has 0 aliphatic rings. The lowest BCUT2D eigenvalue weighted by Crippen LogP contribution is -2.14. The molecule has 0 heterocycles. The van der Waals surface area contributed by atoms with Crippen molar-refractivity contribution in [1.82, 2.24) is 0 Å². The molecule has 0 aromatic heterocycles. The highest BCUT2D eigenvalue weighted by molar-refractivity contribution is 5.89. The zero-order chi connectivity index (χ0) is 15.8. The summed E-state index contributed by atoms with van der Waals surface area (Å²) in [7, 11) is 1.15. The molecule has 5 heteroatoms. The van der Waals surface area contributed by atoms with Gasteiger partial charge in [-0.25, -0.2) is 13.6 Å². The van der Waals surface area contributed by atoms with Crippen molar-refractivity contribution in [3.63, 3.8) is 0 Å². The van der Waals surface area contributed by atoms with E-state index in [0.29, 0.717) is 0 Å². The van der Waals surface area contributed by atoms with Gasteiger partial charge in [0.05, 0.1) is 18.8 Å². The van der Waals surface area contributed by atoms with Crippen molar-refractivity contribution >= 4 is 5.97 Å². The van der Waals surface area contributed by atoms with Gasteiger partial charge in [-0.2, -0.15) is 0 Å². The molecule has 0 saturated carbocycles. The monoisotopic (exact) mass is 300 g/mol. The topological polar surface area (TPSA) is 35.5 Å². The molecule has 0 radical (unpaired) electrons. The van der Waals surface area contributed by atoms with Crippen LogP contribution in [0.15, 0.2) is 12.1 Å². The molecule has 1 rings (SSSR count). The van der Waals surface area contributed by atoms with E-state index >= 15 is 0 Å². The SMILES string of the molecule is CCCCCCC(C)Oc1c(F)cc(C(=O)OC)cc1F. The molecule has 0 amide bonds. The van der Waals surface area contributed by atoms with E-state index in [1.54, 1.807) is 6.92 Å². The predicted octanol–water partition coefficient (Wildman–Crippen LogP) is 4.49. The van der Waals surface area contributed by atoms with Crippen LogP contribution >= 0.6 is 0 Å². The average Bonchev–Trinajstić information content (AvgIpc) is 2.46. The minimum absolute atomic E-state index is 0.171. The Morgan fingerprint density at radius 1 is 1.19 bits per heavy atom. The molecule has 0 aliphatic carbocycles. The zero-order valence-electron chi connectivity index (χ0n) is 12.7. The molecule has 0 aliphatic heterocycles. The fourth-order valence-electron chi connectivity index (χ4n) is 2.03. The number of carbonyl (C=O) groups excluding carboxylic acids is 1. The van der Waals surface area contributed by atoms with Gasteiger partial charge in [-0.3, -0.25) is 0 Å². The highest BCUT2D eigenvalue weighted by Gasteiger charge is 2.18. The van der Waals surface area contributed by atoms with Crippen molar-refractivity contribution in [2.45, 2.75) is 52.1 Å². The molecule has 0 fully saturated rings. The van der Waals surface area contributed by atoms with Gasteiger partial charge in [0.1, 0.15) is 0 Å². The molecule has 0 bridgehead atoms. The van der Waals surface area contributed by atoms with E-state index in [1.807, 2.05) is 0 Å². The first-order valence-electron chi connectivity index (χ1n) is 7.23. The molecular weight excluding hydrogens is 278 g/mol. The van der Waals surface area contributed by atoms with Crippen molar-refractivity contribution in [1.29, 1.82) is 0 Å². The van der Waals surface area contributed by atoms with Gasteiger partial charge in [0.25, 0.3) is 0 Å². The van der Waals surface area contributed by atoms with Crippen molar-refractivity contribution in [2.24, 2.45) is 0 Å². The van der Waals surface area contributed by atoms with E-state index in [4.69, 9.17) is 4.74 Å². The Morgan fingerprint density at radius 3 is 2.33 bits per heavy atom. The number of rotatable bonds is 8. The van der Waals surface area contributed by atoms with E-state index < -0.39 is 23.4 Å². The molecule has 3 nitrogen and oxygen atoms in total. The van der Waals surface area contributed by atoms with Gasteiger partial charge in [-0.05, 0) is 31.9 Å². The normalized spacial score (nSPS) is 12.0. The Labute approximate surface area is 124 Å². The van der Waals surface area contributed by atoms with E-state index in [0.717, 1.165) is 51.3 Å². The predicted molar refractivity (Wildman–Crippen MR) is 76.5 cm³/mol. The van der Waals surface area contributed by atoms with Crippen molar-refractivity contribution in [3.8, 4) is 5.75 Å². The van der Waals surface area contributed by atoms with Crippen LogP contribution in [0.2, 0.25) is 0 Å². The number of halogens is 2. The van der Waals surface area contributed by atoms with Crippen LogP contribution in [-0.4, -0.2) is 19.2 Å². The highest BCUT2D eigenvalue weighted by Crippen LogP contribution is 2.25. The van der Waals surface area contributed by atoms with Crippen LogP contribution in [0, 0.1) is 11.6 Å². The Kier molecular flexibility index (Phi) is 7.12. The first-order valence-corrected chi connectivity index (χ1v) is 7.23. The number of hydrogen-bond donors (Lipinski definition) is 0. The Balaban J connectivity index is 2.68. The fraction of sp³-hybridized carbons (Fsp3) is 0.562. The zero-order valence-corrected chi connectivity index (χ0v) is 12.7. The molecule has 1 aromatic carbocycles. The summed E-state index contributed by atoms with van der Waals surface area (Å²) >= 11 is 0. The number of ether oxygens (including phenoxy) is 2. The summed E-state index contributed by atoms with van der Waals surface area (Å²) < 4.78 is 37.4. The molecular formula is C16H22F2O3.